The number of amides is 2. The molecule has 1 aromatic carbocycles. The molecule has 166 valence electrons. The molecule has 3 rings (SSSR count). The molecule has 0 aliphatic rings. The van der Waals surface area contributed by atoms with Gasteiger partial charge in [-0.15, -0.1) is 0 Å². The summed E-state index contributed by atoms with van der Waals surface area (Å²) in [5, 5.41) is 13.4. The van der Waals surface area contributed by atoms with Crippen molar-refractivity contribution in [3.63, 3.8) is 0 Å². The number of aromatic nitrogens is 2. The number of pyridine rings is 2. The molecule has 0 radical (unpaired) electrons. The highest BCUT2D eigenvalue weighted by Crippen LogP contribution is 2.12. The lowest BCUT2D eigenvalue weighted by Crippen LogP contribution is -2.26. The first-order valence-corrected chi connectivity index (χ1v) is 10.3. The predicted octanol–water partition coefficient (Wildman–Crippen LogP) is 1.71. The second kappa shape index (κ2) is 11.1. The van der Waals surface area contributed by atoms with Crippen LogP contribution in [0, 0.1) is 0 Å². The van der Waals surface area contributed by atoms with Crippen molar-refractivity contribution in [2.45, 2.75) is 19.1 Å². The molecule has 0 fully saturated rings. The van der Waals surface area contributed by atoms with Gasteiger partial charge in [-0.05, 0) is 48.4 Å². The Labute approximate surface area is 187 Å². The van der Waals surface area contributed by atoms with Gasteiger partial charge in [0.25, 0.3) is 11.8 Å². The fourth-order valence-electron chi connectivity index (χ4n) is 3.21. The number of nitrogens with two attached hydrogens (primary N) is 1. The second-order valence-electron chi connectivity index (χ2n) is 7.53. The zero-order valence-corrected chi connectivity index (χ0v) is 17.9. The normalized spacial score (nSPS) is 11.7. The van der Waals surface area contributed by atoms with Crippen molar-refractivity contribution in [3.05, 3.63) is 95.1 Å². The standard InChI is InChI=1S/C24H27N5O3/c1-29(16-18-3-2-11-26-13-18)24(32)19-6-4-17(5-7-19)10-12-27-15-22(30)20-8-9-21(23(25)31)28-14-20/h2-9,11,13-14,22,27,30H,10,12,15-16H2,1H3,(H2,25,31)/t22-/m0/s1. The Bertz CT molecular complexity index is 1020. The Morgan fingerprint density at radius 1 is 1.09 bits per heavy atom. The van der Waals surface area contributed by atoms with E-state index in [4.69, 9.17) is 5.73 Å². The summed E-state index contributed by atoms with van der Waals surface area (Å²) < 4.78 is 0. The van der Waals surface area contributed by atoms with Crippen LogP contribution < -0.4 is 11.1 Å². The van der Waals surface area contributed by atoms with Gasteiger partial charge in [0.05, 0.1) is 6.10 Å². The first-order chi connectivity index (χ1) is 15.4. The fraction of sp³-hybridized carbons (Fsp3) is 0.250. The number of rotatable bonds is 10. The quantitative estimate of drug-likeness (QED) is 0.419. The summed E-state index contributed by atoms with van der Waals surface area (Å²) in [7, 11) is 1.77. The average Bonchev–Trinajstić information content (AvgIpc) is 2.82. The van der Waals surface area contributed by atoms with E-state index in [1.807, 2.05) is 36.4 Å². The molecule has 0 bridgehead atoms. The van der Waals surface area contributed by atoms with Crippen molar-refractivity contribution in [1.82, 2.24) is 20.2 Å². The number of aliphatic hydroxyl groups is 1. The Morgan fingerprint density at radius 2 is 1.88 bits per heavy atom. The molecule has 1 atom stereocenters. The van der Waals surface area contributed by atoms with Gasteiger partial charge in [0.15, 0.2) is 0 Å². The van der Waals surface area contributed by atoms with Crippen LogP contribution in [0.5, 0.6) is 0 Å². The van der Waals surface area contributed by atoms with Crippen molar-refractivity contribution in [2.24, 2.45) is 5.73 Å². The minimum Gasteiger partial charge on any atom is -0.387 e. The third-order valence-electron chi connectivity index (χ3n) is 5.04. The van der Waals surface area contributed by atoms with Gasteiger partial charge in [-0.3, -0.25) is 19.6 Å². The van der Waals surface area contributed by atoms with Crippen LogP contribution in [0.1, 0.15) is 43.6 Å². The molecule has 2 amide bonds. The van der Waals surface area contributed by atoms with Crippen molar-refractivity contribution >= 4 is 11.8 Å². The van der Waals surface area contributed by atoms with Gasteiger partial charge in [0.2, 0.25) is 0 Å². The largest absolute Gasteiger partial charge is 0.387 e. The number of aliphatic hydroxyl groups excluding tert-OH is 1. The zero-order valence-electron chi connectivity index (χ0n) is 17.9. The summed E-state index contributed by atoms with van der Waals surface area (Å²) in [6.45, 7) is 1.52. The average molecular weight is 434 g/mol. The van der Waals surface area contributed by atoms with Crippen molar-refractivity contribution in [1.29, 1.82) is 0 Å². The van der Waals surface area contributed by atoms with Crippen LogP contribution in [0.3, 0.4) is 0 Å². The molecule has 4 N–H and O–H groups in total. The van der Waals surface area contributed by atoms with Gasteiger partial charge in [0, 0.05) is 49.9 Å². The van der Waals surface area contributed by atoms with Crippen molar-refractivity contribution < 1.29 is 14.7 Å². The maximum Gasteiger partial charge on any atom is 0.267 e. The molecular weight excluding hydrogens is 406 g/mol. The molecule has 8 heteroatoms. The Balaban J connectivity index is 1.43. The molecule has 2 aromatic heterocycles. The molecule has 0 saturated carbocycles. The van der Waals surface area contributed by atoms with Crippen LogP contribution in [0.2, 0.25) is 0 Å². The Morgan fingerprint density at radius 3 is 2.50 bits per heavy atom. The monoisotopic (exact) mass is 433 g/mol. The number of nitrogens with one attached hydrogen (secondary N) is 1. The smallest absolute Gasteiger partial charge is 0.267 e. The van der Waals surface area contributed by atoms with E-state index >= 15 is 0 Å². The molecule has 32 heavy (non-hydrogen) atoms. The van der Waals surface area contributed by atoms with E-state index in [1.54, 1.807) is 30.4 Å². The highest BCUT2D eigenvalue weighted by Gasteiger charge is 2.12. The fourth-order valence-corrected chi connectivity index (χ4v) is 3.21. The molecule has 0 aliphatic carbocycles. The van der Waals surface area contributed by atoms with Gasteiger partial charge in [-0.1, -0.05) is 24.3 Å². The minimum absolute atomic E-state index is 0.0439. The van der Waals surface area contributed by atoms with Crippen LogP contribution >= 0.6 is 0 Å². The topological polar surface area (TPSA) is 121 Å². The lowest BCUT2D eigenvalue weighted by atomic mass is 10.1. The number of carbonyl (C=O) groups is 2. The maximum atomic E-state index is 12.6. The van der Waals surface area contributed by atoms with Crippen LogP contribution in [0.4, 0.5) is 0 Å². The second-order valence-corrected chi connectivity index (χ2v) is 7.53. The molecule has 0 unspecified atom stereocenters. The SMILES string of the molecule is CN(Cc1cccnc1)C(=O)c1ccc(CCNC[C@H](O)c2ccc(C(N)=O)nc2)cc1. The lowest BCUT2D eigenvalue weighted by Gasteiger charge is -2.17. The van der Waals surface area contributed by atoms with Crippen molar-refractivity contribution in [2.75, 3.05) is 20.1 Å². The van der Waals surface area contributed by atoms with Crippen LogP contribution in [-0.2, 0) is 13.0 Å². The molecule has 0 saturated heterocycles. The number of benzene rings is 1. The minimum atomic E-state index is -0.736. The summed E-state index contributed by atoms with van der Waals surface area (Å²) in [5.41, 5.74) is 8.65. The van der Waals surface area contributed by atoms with E-state index in [0.717, 1.165) is 17.5 Å². The van der Waals surface area contributed by atoms with E-state index < -0.39 is 12.0 Å². The molecular formula is C24H27N5O3. The van der Waals surface area contributed by atoms with E-state index in [0.29, 0.717) is 30.8 Å². The Hall–Kier alpha value is -3.62. The molecule has 0 spiro atoms. The number of hydrogen-bond acceptors (Lipinski definition) is 6. The summed E-state index contributed by atoms with van der Waals surface area (Å²) >= 11 is 0. The summed E-state index contributed by atoms with van der Waals surface area (Å²) in [5.74, 6) is -0.644. The Kier molecular flexibility index (Phi) is 8.02. The third kappa shape index (κ3) is 6.44. The van der Waals surface area contributed by atoms with Crippen LogP contribution in [0.15, 0.2) is 67.1 Å². The van der Waals surface area contributed by atoms with Crippen molar-refractivity contribution in [3.8, 4) is 0 Å². The van der Waals surface area contributed by atoms with Gasteiger partial charge >= 0.3 is 0 Å². The molecule has 3 aromatic rings. The van der Waals surface area contributed by atoms with Crippen LogP contribution in [0.25, 0.3) is 0 Å². The van der Waals surface area contributed by atoms with Gasteiger partial charge in [-0.2, -0.15) is 0 Å². The van der Waals surface area contributed by atoms with E-state index in [-0.39, 0.29) is 11.6 Å². The lowest BCUT2D eigenvalue weighted by molar-refractivity contribution is 0.0784. The summed E-state index contributed by atoms with van der Waals surface area (Å²) in [6.07, 6.45) is 4.93. The predicted molar refractivity (Wildman–Crippen MR) is 121 cm³/mol. The summed E-state index contributed by atoms with van der Waals surface area (Å²) in [4.78, 5) is 33.4. The van der Waals surface area contributed by atoms with Gasteiger partial charge in [0.1, 0.15) is 5.69 Å². The number of hydrogen-bond donors (Lipinski definition) is 3. The molecule has 2 heterocycles. The first kappa shape index (κ1) is 23.1. The number of carbonyl (C=O) groups excluding carboxylic acids is 2. The number of nitrogens with zero attached hydrogens (tertiary/aromatic N) is 3. The van der Waals surface area contributed by atoms with Gasteiger partial charge < -0.3 is 21.1 Å². The third-order valence-corrected chi connectivity index (χ3v) is 5.04. The van der Waals surface area contributed by atoms with Crippen LogP contribution in [-0.4, -0.2) is 51.9 Å². The zero-order chi connectivity index (χ0) is 22.9. The van der Waals surface area contributed by atoms with E-state index in [9.17, 15) is 14.7 Å². The highest BCUT2D eigenvalue weighted by molar-refractivity contribution is 5.94. The van der Waals surface area contributed by atoms with E-state index in [1.165, 1.54) is 12.3 Å². The molecule has 0 aliphatic heterocycles. The molecule has 8 nitrogen and oxygen atoms in total. The summed E-state index contributed by atoms with van der Waals surface area (Å²) in [6, 6.07) is 14.5. The maximum absolute atomic E-state index is 12.6. The highest BCUT2D eigenvalue weighted by atomic mass is 16.3. The van der Waals surface area contributed by atoms with E-state index in [2.05, 4.69) is 15.3 Å². The number of primary amides is 1. The first-order valence-electron chi connectivity index (χ1n) is 10.3. The van der Waals surface area contributed by atoms with Gasteiger partial charge in [-0.25, -0.2) is 0 Å².